The van der Waals surface area contributed by atoms with Crippen LogP contribution in [0.15, 0.2) is 12.7 Å². The Balaban J connectivity index is 2.97. The van der Waals surface area contributed by atoms with Gasteiger partial charge in [-0.3, -0.25) is 4.90 Å². The molecule has 1 fully saturated rings. The number of carbonyl (C=O) groups excluding carboxylic acids is 1. The maximum Gasteiger partial charge on any atom is 0.327 e. The van der Waals surface area contributed by atoms with Crippen LogP contribution < -0.4 is 0 Å². The van der Waals surface area contributed by atoms with Gasteiger partial charge in [-0.05, 0) is 5.92 Å². The van der Waals surface area contributed by atoms with Crippen molar-refractivity contribution in [1.82, 2.24) is 9.80 Å². The van der Waals surface area contributed by atoms with Gasteiger partial charge >= 0.3 is 12.0 Å². The summed E-state index contributed by atoms with van der Waals surface area (Å²) in [5.41, 5.74) is 0. The van der Waals surface area contributed by atoms with Crippen LogP contribution >= 0.6 is 11.8 Å². The average molecular weight is 302 g/mol. The molecule has 0 aromatic rings. The molecule has 0 radical (unpaired) electrons. The fraction of sp³-hybridized carbons (Fsp3) is 0.692. The summed E-state index contributed by atoms with van der Waals surface area (Å²) in [6.07, 6.45) is 1.57. The van der Waals surface area contributed by atoms with E-state index in [1.54, 1.807) is 6.08 Å². The summed E-state index contributed by atoms with van der Waals surface area (Å²) in [6, 6.07) is -1.17. The SMILES string of the molecule is C=CCN(CCO)C(=O)N1C(C(=O)O)CSC1C(C)C. The zero-order chi connectivity index (χ0) is 15.3. The first-order valence-corrected chi connectivity index (χ1v) is 7.62. The highest BCUT2D eigenvalue weighted by atomic mass is 32.2. The molecule has 7 heteroatoms. The monoisotopic (exact) mass is 302 g/mol. The Hall–Kier alpha value is -1.21. The van der Waals surface area contributed by atoms with E-state index in [0.29, 0.717) is 5.75 Å². The molecule has 2 amide bonds. The Morgan fingerprint density at radius 1 is 1.55 bits per heavy atom. The lowest BCUT2D eigenvalue weighted by molar-refractivity contribution is -0.141. The van der Waals surface area contributed by atoms with Gasteiger partial charge in [0.15, 0.2) is 0 Å². The summed E-state index contributed by atoms with van der Waals surface area (Å²) in [7, 11) is 0. The number of carbonyl (C=O) groups is 2. The van der Waals surface area contributed by atoms with E-state index in [1.165, 1.54) is 21.6 Å². The third-order valence-corrected chi connectivity index (χ3v) is 4.72. The zero-order valence-corrected chi connectivity index (χ0v) is 12.7. The number of hydrogen-bond acceptors (Lipinski definition) is 4. The van der Waals surface area contributed by atoms with Gasteiger partial charge in [-0.2, -0.15) is 0 Å². The highest BCUT2D eigenvalue weighted by molar-refractivity contribution is 8.00. The molecule has 2 atom stereocenters. The van der Waals surface area contributed by atoms with Crippen molar-refractivity contribution in [3.05, 3.63) is 12.7 Å². The summed E-state index contributed by atoms with van der Waals surface area (Å²) < 4.78 is 0. The predicted molar refractivity (Wildman–Crippen MR) is 78.6 cm³/mol. The van der Waals surface area contributed by atoms with E-state index in [1.807, 2.05) is 13.8 Å². The van der Waals surface area contributed by atoms with Crippen molar-refractivity contribution >= 4 is 23.8 Å². The van der Waals surface area contributed by atoms with Crippen LogP contribution in [0.1, 0.15) is 13.8 Å². The third kappa shape index (κ3) is 3.67. The van der Waals surface area contributed by atoms with Gasteiger partial charge in [0.2, 0.25) is 0 Å². The minimum Gasteiger partial charge on any atom is -0.480 e. The summed E-state index contributed by atoms with van der Waals surface area (Å²) in [4.78, 5) is 26.7. The molecule has 1 heterocycles. The van der Waals surface area contributed by atoms with E-state index in [-0.39, 0.29) is 37.0 Å². The molecule has 0 aromatic heterocycles. The lowest BCUT2D eigenvalue weighted by atomic mass is 10.1. The number of carboxylic acid groups (broad SMARTS) is 1. The molecule has 1 aliphatic rings. The van der Waals surface area contributed by atoms with Gasteiger partial charge in [0.05, 0.1) is 12.0 Å². The van der Waals surface area contributed by atoms with Crippen molar-refractivity contribution in [2.75, 3.05) is 25.4 Å². The van der Waals surface area contributed by atoms with Gasteiger partial charge < -0.3 is 15.1 Å². The van der Waals surface area contributed by atoms with E-state index >= 15 is 0 Å². The van der Waals surface area contributed by atoms with E-state index in [2.05, 4.69) is 6.58 Å². The summed E-state index contributed by atoms with van der Waals surface area (Å²) >= 11 is 1.49. The van der Waals surface area contributed by atoms with Gasteiger partial charge in [0, 0.05) is 18.8 Å². The molecular weight excluding hydrogens is 280 g/mol. The Morgan fingerprint density at radius 2 is 2.20 bits per heavy atom. The molecule has 0 aliphatic carbocycles. The number of aliphatic carboxylic acids is 1. The first-order valence-electron chi connectivity index (χ1n) is 6.57. The standard InChI is InChI=1S/C13H22N2O4S/c1-4-5-14(6-7-16)13(19)15-10(12(17)18)8-20-11(15)9(2)3/h4,9-11,16H,1,5-8H2,2-3H3,(H,17,18). The van der Waals surface area contributed by atoms with Crippen LogP contribution in [-0.2, 0) is 4.79 Å². The number of carboxylic acids is 1. The fourth-order valence-corrected chi connectivity index (χ4v) is 3.64. The van der Waals surface area contributed by atoms with Crippen LogP contribution in [0, 0.1) is 5.92 Å². The smallest absolute Gasteiger partial charge is 0.327 e. The number of nitrogens with zero attached hydrogens (tertiary/aromatic N) is 2. The minimum absolute atomic E-state index is 0.158. The van der Waals surface area contributed by atoms with Crippen LogP contribution in [0.5, 0.6) is 0 Å². The number of thioether (sulfide) groups is 1. The summed E-state index contributed by atoms with van der Waals surface area (Å²) in [6.45, 7) is 7.81. The topological polar surface area (TPSA) is 81.1 Å². The van der Waals surface area contributed by atoms with Crippen LogP contribution in [0.25, 0.3) is 0 Å². The minimum atomic E-state index is -0.989. The normalized spacial score (nSPS) is 22.1. The first kappa shape index (κ1) is 16.8. The van der Waals surface area contributed by atoms with E-state index in [4.69, 9.17) is 5.11 Å². The Labute approximate surface area is 123 Å². The maximum absolute atomic E-state index is 12.6. The molecule has 1 rings (SSSR count). The van der Waals surface area contributed by atoms with E-state index < -0.39 is 12.0 Å². The van der Waals surface area contributed by atoms with Crippen molar-refractivity contribution in [2.24, 2.45) is 5.92 Å². The number of rotatable bonds is 6. The maximum atomic E-state index is 12.6. The van der Waals surface area contributed by atoms with Gasteiger partial charge in [-0.1, -0.05) is 19.9 Å². The van der Waals surface area contributed by atoms with Gasteiger partial charge in [-0.25, -0.2) is 9.59 Å². The molecule has 2 N–H and O–H groups in total. The summed E-state index contributed by atoms with van der Waals surface area (Å²) in [5, 5.41) is 18.2. The lowest BCUT2D eigenvalue weighted by Crippen LogP contribution is -2.53. The van der Waals surface area contributed by atoms with Crippen molar-refractivity contribution in [3.63, 3.8) is 0 Å². The largest absolute Gasteiger partial charge is 0.480 e. The molecule has 0 aromatic carbocycles. The highest BCUT2D eigenvalue weighted by Crippen LogP contribution is 2.34. The van der Waals surface area contributed by atoms with Gasteiger partial charge in [0.25, 0.3) is 0 Å². The number of hydrogen-bond donors (Lipinski definition) is 2. The number of urea groups is 1. The molecule has 6 nitrogen and oxygen atoms in total. The average Bonchev–Trinajstić information content (AvgIpc) is 2.82. The van der Waals surface area contributed by atoms with Crippen molar-refractivity contribution in [1.29, 1.82) is 0 Å². The van der Waals surface area contributed by atoms with Crippen LogP contribution in [0.4, 0.5) is 4.79 Å². The number of amides is 2. The molecule has 0 bridgehead atoms. The highest BCUT2D eigenvalue weighted by Gasteiger charge is 2.44. The molecule has 114 valence electrons. The quantitative estimate of drug-likeness (QED) is 0.717. The van der Waals surface area contributed by atoms with Crippen LogP contribution in [-0.4, -0.2) is 68.9 Å². The number of aliphatic hydroxyl groups is 1. The molecule has 0 saturated carbocycles. The van der Waals surface area contributed by atoms with E-state index in [0.717, 1.165) is 0 Å². The zero-order valence-electron chi connectivity index (χ0n) is 11.9. The third-order valence-electron chi connectivity index (χ3n) is 3.10. The van der Waals surface area contributed by atoms with Crippen LogP contribution in [0.3, 0.4) is 0 Å². The molecule has 2 unspecified atom stereocenters. The van der Waals surface area contributed by atoms with Gasteiger partial charge in [0.1, 0.15) is 6.04 Å². The van der Waals surface area contributed by atoms with Crippen molar-refractivity contribution in [2.45, 2.75) is 25.3 Å². The van der Waals surface area contributed by atoms with Gasteiger partial charge in [-0.15, -0.1) is 18.3 Å². The second-order valence-corrected chi connectivity index (χ2v) is 6.12. The molecule has 1 saturated heterocycles. The Bertz CT molecular complexity index is 375. The van der Waals surface area contributed by atoms with E-state index in [9.17, 15) is 14.7 Å². The molecule has 1 aliphatic heterocycles. The summed E-state index contributed by atoms with van der Waals surface area (Å²) in [5.74, 6) is -0.435. The Kier molecular flexibility index (Phi) is 6.35. The fourth-order valence-electron chi connectivity index (χ4n) is 2.18. The molecule has 20 heavy (non-hydrogen) atoms. The predicted octanol–water partition coefficient (Wildman–Crippen LogP) is 1.07. The second-order valence-electron chi connectivity index (χ2n) is 4.97. The van der Waals surface area contributed by atoms with Crippen molar-refractivity contribution < 1.29 is 19.8 Å². The molecule has 0 spiro atoms. The van der Waals surface area contributed by atoms with Crippen molar-refractivity contribution in [3.8, 4) is 0 Å². The second kappa shape index (κ2) is 7.54. The first-order chi connectivity index (χ1) is 9.43. The Morgan fingerprint density at radius 3 is 2.65 bits per heavy atom. The molecular formula is C13H22N2O4S. The lowest BCUT2D eigenvalue weighted by Gasteiger charge is -2.34. The van der Waals surface area contributed by atoms with Crippen LogP contribution in [0.2, 0.25) is 0 Å². The number of aliphatic hydroxyl groups excluding tert-OH is 1.